The van der Waals surface area contributed by atoms with Gasteiger partial charge in [-0.25, -0.2) is 4.98 Å². The fourth-order valence-corrected chi connectivity index (χ4v) is 2.10. The van der Waals surface area contributed by atoms with Crippen molar-refractivity contribution >= 4 is 22.8 Å². The number of carbonyl (C=O) groups is 2. The van der Waals surface area contributed by atoms with Gasteiger partial charge in [0, 0.05) is 37.6 Å². The Morgan fingerprint density at radius 2 is 1.95 bits per heavy atom. The minimum absolute atomic E-state index is 0.0247. The number of pyridine rings is 1. The maximum Gasteiger partial charge on any atom is 0.252 e. The molecule has 7 heteroatoms. The highest BCUT2D eigenvalue weighted by molar-refractivity contribution is 5.97. The van der Waals surface area contributed by atoms with E-state index in [2.05, 4.69) is 20.7 Å². The van der Waals surface area contributed by atoms with Gasteiger partial charge in [0.1, 0.15) is 0 Å². The fourth-order valence-electron chi connectivity index (χ4n) is 2.10. The molecule has 2 rings (SSSR count). The molecule has 0 spiro atoms. The Balaban J connectivity index is 1.95. The molecule has 0 aromatic carbocycles. The Morgan fingerprint density at radius 3 is 2.64 bits per heavy atom. The molecule has 2 aromatic rings. The first-order chi connectivity index (χ1) is 10.4. The van der Waals surface area contributed by atoms with E-state index < -0.39 is 0 Å². The molecule has 0 atom stereocenters. The number of carbonyl (C=O) groups excluding carboxylic acids is 2. The molecule has 0 saturated carbocycles. The maximum absolute atomic E-state index is 12.1. The van der Waals surface area contributed by atoms with Crippen LogP contribution < -0.4 is 10.6 Å². The van der Waals surface area contributed by atoms with E-state index in [0.717, 1.165) is 16.7 Å². The lowest BCUT2D eigenvalue weighted by Gasteiger charge is -2.08. The monoisotopic (exact) mass is 303 g/mol. The van der Waals surface area contributed by atoms with Gasteiger partial charge in [0.2, 0.25) is 5.91 Å². The summed E-state index contributed by atoms with van der Waals surface area (Å²) < 4.78 is 1.69. The van der Waals surface area contributed by atoms with Crippen molar-refractivity contribution in [3.05, 3.63) is 23.5 Å². The van der Waals surface area contributed by atoms with Crippen molar-refractivity contribution in [2.24, 2.45) is 13.0 Å². The normalized spacial score (nSPS) is 11.0. The third kappa shape index (κ3) is 3.41. The molecule has 0 aliphatic rings. The number of rotatable bonds is 5. The highest BCUT2D eigenvalue weighted by Gasteiger charge is 2.11. The molecule has 0 aliphatic heterocycles. The minimum Gasteiger partial charge on any atom is -0.354 e. The molecule has 0 bridgehead atoms. The summed E-state index contributed by atoms with van der Waals surface area (Å²) in [7, 11) is 1.82. The van der Waals surface area contributed by atoms with Crippen LogP contribution in [0, 0.1) is 12.8 Å². The topological polar surface area (TPSA) is 88.9 Å². The summed E-state index contributed by atoms with van der Waals surface area (Å²) in [4.78, 5) is 27.8. The maximum atomic E-state index is 12.1. The van der Waals surface area contributed by atoms with E-state index in [-0.39, 0.29) is 17.7 Å². The minimum atomic E-state index is -0.212. The zero-order valence-corrected chi connectivity index (χ0v) is 13.3. The molecular formula is C15H21N5O2. The number of hydrogen-bond donors (Lipinski definition) is 2. The summed E-state index contributed by atoms with van der Waals surface area (Å²) in [5, 5.41) is 10.7. The average molecular weight is 303 g/mol. The van der Waals surface area contributed by atoms with E-state index in [1.165, 1.54) is 6.20 Å². The van der Waals surface area contributed by atoms with Gasteiger partial charge in [-0.2, -0.15) is 5.10 Å². The van der Waals surface area contributed by atoms with Crippen LogP contribution in [0.5, 0.6) is 0 Å². The number of amides is 2. The summed E-state index contributed by atoms with van der Waals surface area (Å²) in [6.07, 6.45) is 1.53. The molecule has 7 nitrogen and oxygen atoms in total. The van der Waals surface area contributed by atoms with Crippen LogP contribution in [0.1, 0.15) is 29.9 Å². The third-order valence-corrected chi connectivity index (χ3v) is 3.36. The van der Waals surface area contributed by atoms with Gasteiger partial charge in [0.25, 0.3) is 5.91 Å². The molecule has 2 N–H and O–H groups in total. The van der Waals surface area contributed by atoms with Crippen LogP contribution in [0.3, 0.4) is 0 Å². The second-order valence-corrected chi connectivity index (χ2v) is 5.51. The van der Waals surface area contributed by atoms with Crippen molar-refractivity contribution in [2.45, 2.75) is 20.8 Å². The van der Waals surface area contributed by atoms with Crippen molar-refractivity contribution < 1.29 is 9.59 Å². The summed E-state index contributed by atoms with van der Waals surface area (Å²) in [5.74, 6) is -0.296. The fraction of sp³-hybridized carbons (Fsp3) is 0.467. The van der Waals surface area contributed by atoms with Crippen LogP contribution in [0.15, 0.2) is 12.3 Å². The number of nitrogens with one attached hydrogen (secondary N) is 2. The van der Waals surface area contributed by atoms with E-state index in [9.17, 15) is 9.59 Å². The first kappa shape index (κ1) is 15.9. The van der Waals surface area contributed by atoms with Crippen molar-refractivity contribution in [1.82, 2.24) is 25.4 Å². The molecule has 2 amide bonds. The average Bonchev–Trinajstić information content (AvgIpc) is 2.77. The Labute approximate surface area is 129 Å². The molecular weight excluding hydrogens is 282 g/mol. The number of aryl methyl sites for hydroxylation is 2. The zero-order valence-electron chi connectivity index (χ0n) is 13.3. The molecule has 2 aromatic heterocycles. The Hall–Kier alpha value is -2.44. The van der Waals surface area contributed by atoms with Crippen LogP contribution >= 0.6 is 0 Å². The number of fused-ring (bicyclic) bond motifs is 1. The second kappa shape index (κ2) is 6.55. The van der Waals surface area contributed by atoms with Gasteiger partial charge in [-0.15, -0.1) is 0 Å². The Bertz CT molecular complexity index is 705. The molecule has 0 saturated heterocycles. The largest absolute Gasteiger partial charge is 0.354 e. The lowest BCUT2D eigenvalue weighted by Crippen LogP contribution is -2.36. The number of aromatic nitrogens is 3. The van der Waals surface area contributed by atoms with Gasteiger partial charge < -0.3 is 10.6 Å². The highest BCUT2D eigenvalue weighted by atomic mass is 16.2. The predicted molar refractivity (Wildman–Crippen MR) is 83.4 cm³/mol. The van der Waals surface area contributed by atoms with Gasteiger partial charge in [-0.05, 0) is 13.0 Å². The van der Waals surface area contributed by atoms with Gasteiger partial charge in [-0.1, -0.05) is 13.8 Å². The molecule has 0 aliphatic carbocycles. The van der Waals surface area contributed by atoms with Crippen molar-refractivity contribution in [3.63, 3.8) is 0 Å². The SMILES string of the molecule is Cc1nn(C)c2ncc(C(=O)NCCNC(=O)C(C)C)cc12. The van der Waals surface area contributed by atoms with Crippen LogP contribution in [0.25, 0.3) is 11.0 Å². The van der Waals surface area contributed by atoms with Crippen molar-refractivity contribution in [1.29, 1.82) is 0 Å². The summed E-state index contributed by atoms with van der Waals surface area (Å²) in [6.45, 7) is 6.31. The van der Waals surface area contributed by atoms with Gasteiger partial charge in [-0.3, -0.25) is 14.3 Å². The zero-order chi connectivity index (χ0) is 16.3. The smallest absolute Gasteiger partial charge is 0.252 e. The Kier molecular flexibility index (Phi) is 4.75. The van der Waals surface area contributed by atoms with Crippen LogP contribution in [0.2, 0.25) is 0 Å². The van der Waals surface area contributed by atoms with Gasteiger partial charge >= 0.3 is 0 Å². The second-order valence-electron chi connectivity index (χ2n) is 5.51. The molecule has 118 valence electrons. The van der Waals surface area contributed by atoms with E-state index in [1.807, 2.05) is 27.8 Å². The summed E-state index contributed by atoms with van der Waals surface area (Å²) in [6, 6.07) is 1.78. The van der Waals surface area contributed by atoms with Gasteiger partial charge in [0.05, 0.1) is 11.3 Å². The van der Waals surface area contributed by atoms with Crippen LogP contribution in [0.4, 0.5) is 0 Å². The molecule has 0 unspecified atom stereocenters. The Morgan fingerprint density at radius 1 is 1.27 bits per heavy atom. The van der Waals surface area contributed by atoms with E-state index in [4.69, 9.17) is 0 Å². The van der Waals surface area contributed by atoms with E-state index in [0.29, 0.717) is 18.7 Å². The number of hydrogen-bond acceptors (Lipinski definition) is 4. The summed E-state index contributed by atoms with van der Waals surface area (Å²) >= 11 is 0. The summed E-state index contributed by atoms with van der Waals surface area (Å²) in [5.41, 5.74) is 2.07. The lowest BCUT2D eigenvalue weighted by molar-refractivity contribution is -0.123. The van der Waals surface area contributed by atoms with Crippen LogP contribution in [-0.4, -0.2) is 39.7 Å². The van der Waals surface area contributed by atoms with E-state index in [1.54, 1.807) is 10.7 Å². The molecule has 22 heavy (non-hydrogen) atoms. The molecule has 2 heterocycles. The van der Waals surface area contributed by atoms with Gasteiger partial charge in [0.15, 0.2) is 5.65 Å². The quantitative estimate of drug-likeness (QED) is 0.799. The molecule has 0 radical (unpaired) electrons. The van der Waals surface area contributed by atoms with Crippen molar-refractivity contribution in [3.8, 4) is 0 Å². The lowest BCUT2D eigenvalue weighted by atomic mass is 10.2. The first-order valence-electron chi connectivity index (χ1n) is 7.25. The first-order valence-corrected chi connectivity index (χ1v) is 7.25. The third-order valence-electron chi connectivity index (χ3n) is 3.36. The molecule has 0 fully saturated rings. The standard InChI is InChI=1S/C15H21N5O2/c1-9(2)14(21)16-5-6-17-15(22)11-7-12-10(3)19-20(4)13(12)18-8-11/h7-9H,5-6H2,1-4H3,(H,16,21)(H,17,22). The number of nitrogens with zero attached hydrogens (tertiary/aromatic N) is 3. The van der Waals surface area contributed by atoms with Crippen LogP contribution in [-0.2, 0) is 11.8 Å². The van der Waals surface area contributed by atoms with Crippen molar-refractivity contribution in [2.75, 3.05) is 13.1 Å². The van der Waals surface area contributed by atoms with E-state index >= 15 is 0 Å². The highest BCUT2D eigenvalue weighted by Crippen LogP contribution is 2.16. The predicted octanol–water partition coefficient (Wildman–Crippen LogP) is 0.779.